The van der Waals surface area contributed by atoms with E-state index in [9.17, 15) is 10.1 Å². The fraction of sp³-hybridized carbons (Fsp3) is 0.632. The first-order valence-corrected chi connectivity index (χ1v) is 12.1. The van der Waals surface area contributed by atoms with Crippen LogP contribution in [-0.4, -0.2) is 24.3 Å². The van der Waals surface area contributed by atoms with Crippen molar-refractivity contribution in [3.63, 3.8) is 0 Å². The second-order valence-electron chi connectivity index (χ2n) is 6.87. The van der Waals surface area contributed by atoms with Gasteiger partial charge in [-0.25, -0.2) is 0 Å². The van der Waals surface area contributed by atoms with Crippen LogP contribution < -0.4 is 0 Å². The summed E-state index contributed by atoms with van der Waals surface area (Å²) >= 11 is 0. The van der Waals surface area contributed by atoms with Gasteiger partial charge in [0.25, 0.3) is 5.69 Å². The van der Waals surface area contributed by atoms with Gasteiger partial charge >= 0.3 is 0 Å². The molecule has 0 spiro atoms. The van der Waals surface area contributed by atoms with E-state index in [0.29, 0.717) is 12.0 Å². The molecule has 1 aliphatic rings. The van der Waals surface area contributed by atoms with E-state index in [2.05, 4.69) is 39.6 Å². The Morgan fingerprint density at radius 2 is 1.96 bits per heavy atom. The number of rotatable bonds is 8. The molecule has 7 heteroatoms. The van der Waals surface area contributed by atoms with E-state index in [1.54, 1.807) is 12.3 Å². The molecule has 26 heavy (non-hydrogen) atoms. The highest BCUT2D eigenvalue weighted by Gasteiger charge is 2.37. The zero-order chi connectivity index (χ0) is 19.3. The molecule has 2 rings (SSSR count). The highest BCUT2D eigenvalue weighted by molar-refractivity contribution is 6.73. The number of nitrogens with zero attached hydrogens (tertiary/aromatic N) is 2. The summed E-state index contributed by atoms with van der Waals surface area (Å²) in [5.74, 6) is 0.983. The molecule has 0 N–H and O–H groups in total. The van der Waals surface area contributed by atoms with E-state index in [1.165, 1.54) is 6.20 Å². The molecule has 0 saturated heterocycles. The minimum absolute atomic E-state index is 0.0104. The first-order valence-electron chi connectivity index (χ1n) is 9.53. The third-order valence-electron chi connectivity index (χ3n) is 5.64. The lowest BCUT2D eigenvalue weighted by Gasteiger charge is -2.38. The maximum atomic E-state index is 11.4. The zero-order valence-electron chi connectivity index (χ0n) is 16.4. The largest absolute Gasteiger partial charge is 0.546 e. The molecule has 1 aromatic rings. The van der Waals surface area contributed by atoms with Crippen molar-refractivity contribution >= 4 is 14.0 Å². The fourth-order valence-electron chi connectivity index (χ4n) is 3.61. The molecule has 0 aromatic carbocycles. The second kappa shape index (κ2) is 8.77. The van der Waals surface area contributed by atoms with Crippen LogP contribution in [0, 0.1) is 10.1 Å². The van der Waals surface area contributed by atoms with Gasteiger partial charge in [-0.15, -0.1) is 0 Å². The minimum Gasteiger partial charge on any atom is -0.546 e. The summed E-state index contributed by atoms with van der Waals surface area (Å²) in [4.78, 5) is 14.9. The van der Waals surface area contributed by atoms with Gasteiger partial charge in [0.05, 0.1) is 28.5 Å². The standard InChI is InChI=1S/C19H30N2O4Si/c1-6-17-14(5)18(25-26(7-2,8-3)9-4)12-19(24-17)15-10-11-20-13-16(15)21(22)23/h10-11,13,17,19H,6-9,12H2,1-5H3. The number of aromatic nitrogens is 1. The first-order chi connectivity index (χ1) is 12.4. The lowest BCUT2D eigenvalue weighted by molar-refractivity contribution is -0.386. The van der Waals surface area contributed by atoms with Crippen LogP contribution in [0.2, 0.25) is 18.1 Å². The molecule has 1 aliphatic heterocycles. The summed E-state index contributed by atoms with van der Waals surface area (Å²) < 4.78 is 12.9. The minimum atomic E-state index is -1.81. The lowest BCUT2D eigenvalue weighted by Crippen LogP contribution is -2.38. The Kier molecular flexibility index (Phi) is 6.94. The van der Waals surface area contributed by atoms with Crippen molar-refractivity contribution in [2.45, 2.75) is 77.8 Å². The van der Waals surface area contributed by atoms with E-state index in [4.69, 9.17) is 9.16 Å². The van der Waals surface area contributed by atoms with E-state index in [1.807, 2.05) is 0 Å². The molecule has 2 unspecified atom stereocenters. The van der Waals surface area contributed by atoms with Crippen molar-refractivity contribution in [2.24, 2.45) is 0 Å². The third-order valence-corrected chi connectivity index (χ3v) is 10.2. The average Bonchev–Trinajstić information content (AvgIpc) is 2.67. The Bertz CT molecular complexity index is 665. The van der Waals surface area contributed by atoms with Crippen LogP contribution in [0.25, 0.3) is 0 Å². The molecule has 0 bridgehead atoms. The molecule has 2 atom stereocenters. The van der Waals surface area contributed by atoms with Crippen LogP contribution in [-0.2, 0) is 9.16 Å². The summed E-state index contributed by atoms with van der Waals surface area (Å²) in [7, 11) is -1.81. The molecular formula is C19H30N2O4Si. The van der Waals surface area contributed by atoms with Crippen LogP contribution in [0.4, 0.5) is 5.69 Å². The van der Waals surface area contributed by atoms with E-state index in [-0.39, 0.29) is 22.8 Å². The summed E-state index contributed by atoms with van der Waals surface area (Å²) in [5, 5.41) is 11.4. The normalized spacial score (nSPS) is 21.0. The smallest absolute Gasteiger partial charge is 0.293 e. The van der Waals surface area contributed by atoms with Gasteiger partial charge in [0.15, 0.2) is 0 Å². The van der Waals surface area contributed by atoms with Crippen LogP contribution in [0.15, 0.2) is 29.8 Å². The van der Waals surface area contributed by atoms with Crippen LogP contribution in [0.3, 0.4) is 0 Å². The van der Waals surface area contributed by atoms with Gasteiger partial charge in [-0.1, -0.05) is 27.7 Å². The van der Waals surface area contributed by atoms with E-state index >= 15 is 0 Å². The Labute approximate surface area is 156 Å². The van der Waals surface area contributed by atoms with Gasteiger partial charge in [-0.2, -0.15) is 0 Å². The number of nitro groups is 1. The van der Waals surface area contributed by atoms with Crippen LogP contribution >= 0.6 is 0 Å². The predicted molar refractivity (Wildman–Crippen MR) is 104 cm³/mol. The van der Waals surface area contributed by atoms with Crippen molar-refractivity contribution in [1.29, 1.82) is 0 Å². The molecule has 1 aromatic heterocycles. The number of hydrogen-bond donors (Lipinski definition) is 0. The topological polar surface area (TPSA) is 74.5 Å². The maximum Gasteiger partial charge on any atom is 0.293 e. The molecular weight excluding hydrogens is 348 g/mol. The fourth-order valence-corrected chi connectivity index (χ4v) is 6.31. The summed E-state index contributed by atoms with van der Waals surface area (Å²) in [6.07, 6.45) is 3.79. The summed E-state index contributed by atoms with van der Waals surface area (Å²) in [6.45, 7) is 10.8. The highest BCUT2D eigenvalue weighted by atomic mass is 28.4. The SMILES string of the molecule is CCC1OC(c2ccncc2[N+](=O)[O-])CC(O[Si](CC)(CC)CC)=C1C. The van der Waals surface area contributed by atoms with Crippen molar-refractivity contribution in [3.8, 4) is 0 Å². The van der Waals surface area contributed by atoms with Crippen LogP contribution in [0.1, 0.15) is 59.1 Å². The Hall–Kier alpha value is -1.73. The zero-order valence-corrected chi connectivity index (χ0v) is 17.4. The van der Waals surface area contributed by atoms with Gasteiger partial charge in [0, 0.05) is 12.6 Å². The third kappa shape index (κ3) is 4.15. The molecule has 0 fully saturated rings. The molecule has 0 amide bonds. The number of ether oxygens (including phenoxy) is 1. The number of hydrogen-bond acceptors (Lipinski definition) is 5. The van der Waals surface area contributed by atoms with E-state index in [0.717, 1.165) is 35.9 Å². The first kappa shape index (κ1) is 20.6. The molecule has 144 valence electrons. The second-order valence-corrected chi connectivity index (χ2v) is 11.6. The van der Waals surface area contributed by atoms with Crippen molar-refractivity contribution in [3.05, 3.63) is 45.5 Å². The highest BCUT2D eigenvalue weighted by Crippen LogP contribution is 2.41. The van der Waals surface area contributed by atoms with Gasteiger partial charge < -0.3 is 9.16 Å². The van der Waals surface area contributed by atoms with Gasteiger partial charge in [-0.3, -0.25) is 15.1 Å². The summed E-state index contributed by atoms with van der Waals surface area (Å²) in [5.41, 5.74) is 1.72. The molecule has 0 radical (unpaired) electrons. The molecule has 6 nitrogen and oxygen atoms in total. The Morgan fingerprint density at radius 3 is 2.50 bits per heavy atom. The quantitative estimate of drug-likeness (QED) is 0.338. The molecule has 2 heterocycles. The number of pyridine rings is 1. The van der Waals surface area contributed by atoms with Crippen LogP contribution in [0.5, 0.6) is 0 Å². The molecule has 0 saturated carbocycles. The van der Waals surface area contributed by atoms with E-state index < -0.39 is 8.32 Å². The van der Waals surface area contributed by atoms with Crippen molar-refractivity contribution < 1.29 is 14.1 Å². The van der Waals surface area contributed by atoms with Gasteiger partial charge in [0.1, 0.15) is 6.20 Å². The Balaban J connectivity index is 2.39. The van der Waals surface area contributed by atoms with Gasteiger partial charge in [-0.05, 0) is 43.1 Å². The van der Waals surface area contributed by atoms with Gasteiger partial charge in [0.2, 0.25) is 8.32 Å². The molecule has 0 aliphatic carbocycles. The summed E-state index contributed by atoms with van der Waals surface area (Å²) in [6, 6.07) is 4.88. The Morgan fingerprint density at radius 1 is 1.31 bits per heavy atom. The lowest BCUT2D eigenvalue weighted by atomic mass is 9.96. The monoisotopic (exact) mass is 378 g/mol. The predicted octanol–water partition coefficient (Wildman–Crippen LogP) is 5.53. The average molecular weight is 379 g/mol. The maximum absolute atomic E-state index is 11.4. The van der Waals surface area contributed by atoms with Crippen molar-refractivity contribution in [1.82, 2.24) is 4.98 Å². The van der Waals surface area contributed by atoms with Crippen molar-refractivity contribution in [2.75, 3.05) is 0 Å².